The zero-order valence-electron chi connectivity index (χ0n) is 16.5. The highest BCUT2D eigenvalue weighted by Gasteiger charge is 2.51. The Balaban J connectivity index is 1.89. The predicted octanol–water partition coefficient (Wildman–Crippen LogP) is 6.96. The van der Waals surface area contributed by atoms with Crippen molar-refractivity contribution in [3.63, 3.8) is 0 Å². The second-order valence-corrected chi connectivity index (χ2v) is 8.25. The zero-order valence-corrected chi connectivity index (χ0v) is 16.5. The molecule has 0 radical (unpaired) electrons. The van der Waals surface area contributed by atoms with Crippen LogP contribution in [0.25, 0.3) is 22.3 Å². The van der Waals surface area contributed by atoms with E-state index in [2.05, 4.69) is 99.6 Å². The van der Waals surface area contributed by atoms with Crippen molar-refractivity contribution in [2.45, 2.75) is 26.2 Å². The Morgan fingerprint density at radius 3 is 1.54 bits per heavy atom. The van der Waals surface area contributed by atoms with Gasteiger partial charge in [-0.2, -0.15) is 0 Å². The Hall–Kier alpha value is -3.12. The first-order valence-corrected chi connectivity index (χ1v) is 10.1. The molecular formula is C28H22. The Kier molecular flexibility index (Phi) is 2.97. The molecule has 0 unspecified atom stereocenters. The van der Waals surface area contributed by atoms with Crippen LogP contribution in [-0.4, -0.2) is 0 Å². The van der Waals surface area contributed by atoms with Crippen LogP contribution in [0.5, 0.6) is 0 Å². The molecule has 2 aliphatic carbocycles. The van der Waals surface area contributed by atoms with Crippen LogP contribution in [0, 0.1) is 20.8 Å². The third kappa shape index (κ3) is 1.63. The van der Waals surface area contributed by atoms with Gasteiger partial charge in [0.25, 0.3) is 0 Å². The van der Waals surface area contributed by atoms with Gasteiger partial charge in [-0.25, -0.2) is 0 Å². The van der Waals surface area contributed by atoms with Crippen molar-refractivity contribution >= 4 is 0 Å². The molecule has 0 fully saturated rings. The van der Waals surface area contributed by atoms with Gasteiger partial charge in [-0.1, -0.05) is 78.9 Å². The standard InChI is InChI=1S/C28H22/c1-17-16-26-27(19(3)18(17)2)22-12-6-9-15-25(22)28(26)23-13-7-4-10-20(23)21-11-5-8-14-24(21)28/h4-16H,1-3H3. The lowest BCUT2D eigenvalue weighted by atomic mass is 9.70. The molecule has 0 bridgehead atoms. The third-order valence-electron chi connectivity index (χ3n) is 7.12. The van der Waals surface area contributed by atoms with Crippen LogP contribution in [0.3, 0.4) is 0 Å². The fourth-order valence-corrected chi connectivity index (χ4v) is 5.71. The largest absolute Gasteiger partial charge is 0.0725 e. The van der Waals surface area contributed by atoms with E-state index in [1.165, 1.54) is 61.2 Å². The molecule has 0 heterocycles. The summed E-state index contributed by atoms with van der Waals surface area (Å²) in [6.07, 6.45) is 0. The second kappa shape index (κ2) is 5.23. The van der Waals surface area contributed by atoms with E-state index < -0.39 is 0 Å². The summed E-state index contributed by atoms with van der Waals surface area (Å²) in [5, 5.41) is 0. The van der Waals surface area contributed by atoms with Crippen LogP contribution in [0.15, 0.2) is 78.9 Å². The monoisotopic (exact) mass is 358 g/mol. The minimum Gasteiger partial charge on any atom is -0.0619 e. The van der Waals surface area contributed by atoms with Gasteiger partial charge in [0.05, 0.1) is 5.41 Å². The maximum Gasteiger partial charge on any atom is 0.0725 e. The molecule has 0 aliphatic heterocycles. The molecule has 134 valence electrons. The van der Waals surface area contributed by atoms with Crippen molar-refractivity contribution in [3.8, 4) is 22.3 Å². The summed E-state index contributed by atoms with van der Waals surface area (Å²) in [5.74, 6) is 0. The number of hydrogen-bond acceptors (Lipinski definition) is 0. The Morgan fingerprint density at radius 1 is 0.500 bits per heavy atom. The first kappa shape index (κ1) is 15.9. The molecule has 0 N–H and O–H groups in total. The smallest absolute Gasteiger partial charge is 0.0619 e. The van der Waals surface area contributed by atoms with Gasteiger partial charge in [-0.15, -0.1) is 0 Å². The van der Waals surface area contributed by atoms with Crippen molar-refractivity contribution < 1.29 is 0 Å². The molecule has 28 heavy (non-hydrogen) atoms. The molecule has 4 aromatic rings. The fourth-order valence-electron chi connectivity index (χ4n) is 5.71. The maximum atomic E-state index is 2.45. The lowest BCUT2D eigenvalue weighted by Gasteiger charge is -2.31. The van der Waals surface area contributed by atoms with E-state index in [4.69, 9.17) is 0 Å². The SMILES string of the molecule is Cc1cc2c(c(C)c1C)-c1ccccc1C21c2ccccc2-c2ccccc21. The quantitative estimate of drug-likeness (QED) is 0.275. The average molecular weight is 358 g/mol. The van der Waals surface area contributed by atoms with Gasteiger partial charge in [-0.3, -0.25) is 0 Å². The lowest BCUT2D eigenvalue weighted by molar-refractivity contribution is 0.791. The van der Waals surface area contributed by atoms with Crippen LogP contribution in [-0.2, 0) is 5.41 Å². The van der Waals surface area contributed by atoms with Gasteiger partial charge in [-0.05, 0) is 82.0 Å². The first-order valence-electron chi connectivity index (χ1n) is 10.1. The van der Waals surface area contributed by atoms with E-state index in [1.54, 1.807) is 0 Å². The maximum absolute atomic E-state index is 2.45. The molecule has 0 amide bonds. The zero-order chi connectivity index (χ0) is 19.0. The number of fused-ring (bicyclic) bond motifs is 10. The summed E-state index contributed by atoms with van der Waals surface area (Å²) in [6, 6.07) is 29.5. The Morgan fingerprint density at radius 2 is 0.964 bits per heavy atom. The highest BCUT2D eigenvalue weighted by Crippen LogP contribution is 2.63. The molecule has 1 spiro atoms. The molecule has 0 nitrogen and oxygen atoms in total. The van der Waals surface area contributed by atoms with E-state index in [0.29, 0.717) is 0 Å². The van der Waals surface area contributed by atoms with E-state index in [-0.39, 0.29) is 5.41 Å². The highest BCUT2D eigenvalue weighted by atomic mass is 14.5. The summed E-state index contributed by atoms with van der Waals surface area (Å²) < 4.78 is 0. The predicted molar refractivity (Wildman–Crippen MR) is 117 cm³/mol. The molecule has 4 aromatic carbocycles. The van der Waals surface area contributed by atoms with Crippen molar-refractivity contribution in [1.82, 2.24) is 0 Å². The van der Waals surface area contributed by atoms with E-state index in [0.717, 1.165) is 0 Å². The van der Waals surface area contributed by atoms with Crippen molar-refractivity contribution in [3.05, 3.63) is 118 Å². The summed E-state index contributed by atoms with van der Waals surface area (Å²) >= 11 is 0. The van der Waals surface area contributed by atoms with Gasteiger partial charge in [0.1, 0.15) is 0 Å². The summed E-state index contributed by atoms with van der Waals surface area (Å²) in [6.45, 7) is 6.81. The van der Waals surface area contributed by atoms with Crippen LogP contribution in [0.2, 0.25) is 0 Å². The number of aryl methyl sites for hydroxylation is 1. The average Bonchev–Trinajstić information content (AvgIpc) is 3.19. The highest BCUT2D eigenvalue weighted by molar-refractivity contribution is 5.96. The van der Waals surface area contributed by atoms with E-state index in [1.807, 2.05) is 0 Å². The molecule has 0 atom stereocenters. The van der Waals surface area contributed by atoms with Crippen molar-refractivity contribution in [2.75, 3.05) is 0 Å². The summed E-state index contributed by atoms with van der Waals surface area (Å²) in [4.78, 5) is 0. The molecule has 0 saturated heterocycles. The first-order chi connectivity index (χ1) is 13.7. The Bertz CT molecular complexity index is 1240. The summed E-state index contributed by atoms with van der Waals surface area (Å²) in [7, 11) is 0. The van der Waals surface area contributed by atoms with Gasteiger partial charge < -0.3 is 0 Å². The van der Waals surface area contributed by atoms with Gasteiger partial charge in [0, 0.05) is 0 Å². The van der Waals surface area contributed by atoms with Crippen molar-refractivity contribution in [1.29, 1.82) is 0 Å². The van der Waals surface area contributed by atoms with Gasteiger partial charge >= 0.3 is 0 Å². The fraction of sp³-hybridized carbons (Fsp3) is 0.143. The topological polar surface area (TPSA) is 0 Å². The molecule has 2 aliphatic rings. The molecule has 0 aromatic heterocycles. The molecule has 6 rings (SSSR count). The van der Waals surface area contributed by atoms with E-state index in [9.17, 15) is 0 Å². The molecule has 0 heteroatoms. The van der Waals surface area contributed by atoms with Gasteiger partial charge in [0.2, 0.25) is 0 Å². The number of rotatable bonds is 0. The summed E-state index contributed by atoms with van der Waals surface area (Å²) in [5.41, 5.74) is 15.3. The lowest BCUT2D eigenvalue weighted by Crippen LogP contribution is -2.26. The normalized spacial score (nSPS) is 14.5. The van der Waals surface area contributed by atoms with E-state index >= 15 is 0 Å². The Labute approximate surface area is 166 Å². The van der Waals surface area contributed by atoms with Gasteiger partial charge in [0.15, 0.2) is 0 Å². The third-order valence-corrected chi connectivity index (χ3v) is 7.12. The second-order valence-electron chi connectivity index (χ2n) is 8.25. The van der Waals surface area contributed by atoms with Crippen LogP contribution < -0.4 is 0 Å². The van der Waals surface area contributed by atoms with Crippen molar-refractivity contribution in [2.24, 2.45) is 0 Å². The number of benzene rings is 4. The minimum atomic E-state index is -0.206. The van der Waals surface area contributed by atoms with Crippen LogP contribution in [0.4, 0.5) is 0 Å². The van der Waals surface area contributed by atoms with Crippen LogP contribution >= 0.6 is 0 Å². The minimum absolute atomic E-state index is 0.206. The molecular weight excluding hydrogens is 336 g/mol. The number of hydrogen-bond donors (Lipinski definition) is 0. The molecule has 0 saturated carbocycles. The van der Waals surface area contributed by atoms with Crippen LogP contribution in [0.1, 0.15) is 38.9 Å².